The fraction of sp³-hybridized carbons (Fsp3) is 0.222. The molecule has 5 nitrogen and oxygen atoms in total. The van der Waals surface area contributed by atoms with Crippen molar-refractivity contribution in [3.05, 3.63) is 58.1 Å². The highest BCUT2D eigenvalue weighted by atomic mass is 79.9. The van der Waals surface area contributed by atoms with Crippen LogP contribution in [0.25, 0.3) is 0 Å². The van der Waals surface area contributed by atoms with Crippen LogP contribution >= 0.6 is 15.9 Å². The second-order valence-corrected chi connectivity index (χ2v) is 6.13. The number of ether oxygens (including phenoxy) is 3. The summed E-state index contributed by atoms with van der Waals surface area (Å²) in [7, 11) is 1.47. The fourth-order valence-electron chi connectivity index (χ4n) is 1.97. The molecular weight excluding hydrogens is 376 g/mol. The molecule has 0 saturated carbocycles. The van der Waals surface area contributed by atoms with Crippen molar-refractivity contribution in [2.45, 2.75) is 20.0 Å². The maximum atomic E-state index is 12.4. The molecule has 0 unspecified atom stereocenters. The summed E-state index contributed by atoms with van der Waals surface area (Å²) in [5, 5.41) is 0. The highest BCUT2D eigenvalue weighted by molar-refractivity contribution is 9.10. The van der Waals surface area contributed by atoms with Crippen molar-refractivity contribution in [3.8, 4) is 11.5 Å². The van der Waals surface area contributed by atoms with E-state index in [0.717, 1.165) is 4.47 Å². The minimum Gasteiger partial charge on any atom is -0.496 e. The van der Waals surface area contributed by atoms with Gasteiger partial charge in [0.2, 0.25) is 0 Å². The first kappa shape index (κ1) is 18.0. The molecule has 2 aromatic rings. The first-order chi connectivity index (χ1) is 11.4. The molecule has 0 N–H and O–H groups in total. The van der Waals surface area contributed by atoms with Gasteiger partial charge in [-0.1, -0.05) is 22.0 Å². The number of carbonyl (C=O) groups is 2. The van der Waals surface area contributed by atoms with Crippen molar-refractivity contribution in [1.82, 2.24) is 0 Å². The normalized spacial score (nSPS) is 10.4. The Kier molecular flexibility index (Phi) is 5.98. The van der Waals surface area contributed by atoms with Gasteiger partial charge in [0.15, 0.2) is 0 Å². The molecule has 0 heterocycles. The van der Waals surface area contributed by atoms with Gasteiger partial charge in [0.25, 0.3) is 0 Å². The second-order valence-electron chi connectivity index (χ2n) is 5.22. The zero-order valence-corrected chi connectivity index (χ0v) is 15.1. The zero-order valence-electron chi connectivity index (χ0n) is 13.5. The van der Waals surface area contributed by atoms with Crippen LogP contribution < -0.4 is 9.47 Å². The Balaban J connectivity index is 2.21. The maximum Gasteiger partial charge on any atom is 0.347 e. The van der Waals surface area contributed by atoms with Gasteiger partial charge in [-0.2, -0.15) is 0 Å². The summed E-state index contributed by atoms with van der Waals surface area (Å²) in [6.07, 6.45) is -0.227. The van der Waals surface area contributed by atoms with Gasteiger partial charge in [-0.15, -0.1) is 0 Å². The van der Waals surface area contributed by atoms with Crippen LogP contribution in [0.5, 0.6) is 11.5 Å². The molecule has 0 aromatic heterocycles. The van der Waals surface area contributed by atoms with Crippen molar-refractivity contribution >= 4 is 27.9 Å². The second kappa shape index (κ2) is 7.97. The van der Waals surface area contributed by atoms with E-state index in [-0.39, 0.29) is 17.4 Å². The Morgan fingerprint density at radius 3 is 2.46 bits per heavy atom. The van der Waals surface area contributed by atoms with Gasteiger partial charge < -0.3 is 14.2 Å². The molecule has 0 amide bonds. The third kappa shape index (κ3) is 4.58. The summed E-state index contributed by atoms with van der Waals surface area (Å²) in [6, 6.07) is 11.3. The molecule has 0 bridgehead atoms. The van der Waals surface area contributed by atoms with Crippen molar-refractivity contribution in [2.24, 2.45) is 0 Å². The van der Waals surface area contributed by atoms with Crippen LogP contribution in [0, 0.1) is 0 Å². The summed E-state index contributed by atoms with van der Waals surface area (Å²) in [5.41, 5.74) is 0.595. The highest BCUT2D eigenvalue weighted by Crippen LogP contribution is 2.25. The minimum atomic E-state index is -0.581. The Labute approximate surface area is 148 Å². The lowest BCUT2D eigenvalue weighted by Crippen LogP contribution is -2.13. The van der Waals surface area contributed by atoms with Gasteiger partial charge >= 0.3 is 11.9 Å². The lowest BCUT2D eigenvalue weighted by atomic mass is 10.2. The number of hydrogen-bond acceptors (Lipinski definition) is 5. The SMILES string of the molecule is COc1ccc(Br)cc1C(=O)Oc1cccc(C(=O)OC(C)C)c1. The van der Waals surface area contributed by atoms with Gasteiger partial charge in [-0.05, 0) is 50.2 Å². The Hall–Kier alpha value is -2.34. The van der Waals surface area contributed by atoms with E-state index in [2.05, 4.69) is 15.9 Å². The van der Waals surface area contributed by atoms with Gasteiger partial charge in [0.05, 0.1) is 18.8 Å². The number of benzene rings is 2. The molecule has 0 aliphatic carbocycles. The predicted octanol–water partition coefficient (Wildman–Crippen LogP) is 4.24. The average molecular weight is 393 g/mol. The van der Waals surface area contributed by atoms with E-state index in [9.17, 15) is 9.59 Å². The van der Waals surface area contributed by atoms with E-state index < -0.39 is 11.9 Å². The number of methoxy groups -OCH3 is 1. The van der Waals surface area contributed by atoms with Crippen molar-refractivity contribution in [1.29, 1.82) is 0 Å². The highest BCUT2D eigenvalue weighted by Gasteiger charge is 2.16. The lowest BCUT2D eigenvalue weighted by molar-refractivity contribution is 0.0376. The fourth-order valence-corrected chi connectivity index (χ4v) is 2.33. The van der Waals surface area contributed by atoms with Crippen LogP contribution in [0.3, 0.4) is 0 Å². The van der Waals surface area contributed by atoms with Gasteiger partial charge in [0, 0.05) is 4.47 Å². The van der Waals surface area contributed by atoms with Crippen LogP contribution in [0.2, 0.25) is 0 Å². The quantitative estimate of drug-likeness (QED) is 0.562. The number of rotatable bonds is 5. The van der Waals surface area contributed by atoms with E-state index in [4.69, 9.17) is 14.2 Å². The number of hydrogen-bond donors (Lipinski definition) is 0. The Morgan fingerprint density at radius 1 is 1.04 bits per heavy atom. The van der Waals surface area contributed by atoms with Gasteiger partial charge in [-0.3, -0.25) is 0 Å². The third-order valence-corrected chi connectivity index (χ3v) is 3.50. The maximum absolute atomic E-state index is 12.4. The van der Waals surface area contributed by atoms with Crippen LogP contribution in [0.15, 0.2) is 46.9 Å². The van der Waals surface area contributed by atoms with Crippen LogP contribution in [0.4, 0.5) is 0 Å². The third-order valence-electron chi connectivity index (χ3n) is 3.00. The predicted molar refractivity (Wildman–Crippen MR) is 92.6 cm³/mol. The molecule has 0 aliphatic heterocycles. The molecule has 2 rings (SSSR count). The summed E-state index contributed by atoms with van der Waals surface area (Å²) in [5.74, 6) is -0.399. The van der Waals surface area contributed by atoms with Crippen molar-refractivity contribution < 1.29 is 23.8 Å². The molecule has 126 valence electrons. The Bertz CT molecular complexity index is 755. The molecule has 0 spiro atoms. The van der Waals surface area contributed by atoms with Crippen molar-refractivity contribution in [2.75, 3.05) is 7.11 Å². The topological polar surface area (TPSA) is 61.8 Å². The summed E-state index contributed by atoms with van der Waals surface area (Å²) >= 11 is 3.31. The molecule has 0 saturated heterocycles. The molecule has 0 atom stereocenters. The van der Waals surface area contributed by atoms with Crippen LogP contribution in [-0.4, -0.2) is 25.2 Å². The van der Waals surface area contributed by atoms with Crippen molar-refractivity contribution in [3.63, 3.8) is 0 Å². The first-order valence-electron chi connectivity index (χ1n) is 7.27. The van der Waals surface area contributed by atoms with E-state index in [0.29, 0.717) is 11.3 Å². The molecule has 2 aromatic carbocycles. The summed E-state index contributed by atoms with van der Waals surface area (Å²) < 4.78 is 16.4. The van der Waals surface area contributed by atoms with Crippen LogP contribution in [-0.2, 0) is 4.74 Å². The molecule has 0 radical (unpaired) electrons. The Morgan fingerprint density at radius 2 is 1.79 bits per heavy atom. The number of halogens is 1. The standard InChI is InChI=1S/C18H17BrO5/c1-11(2)23-17(20)12-5-4-6-14(9-12)24-18(21)15-10-13(19)7-8-16(15)22-3/h4-11H,1-3H3. The largest absolute Gasteiger partial charge is 0.496 e. The molecule has 0 fully saturated rings. The lowest BCUT2D eigenvalue weighted by Gasteiger charge is -2.11. The zero-order chi connectivity index (χ0) is 17.7. The molecule has 24 heavy (non-hydrogen) atoms. The molecular formula is C18H17BrO5. The number of esters is 2. The summed E-state index contributed by atoms with van der Waals surface area (Å²) in [6.45, 7) is 3.53. The number of carbonyl (C=O) groups excluding carboxylic acids is 2. The van der Waals surface area contributed by atoms with Gasteiger partial charge in [-0.25, -0.2) is 9.59 Å². The molecule has 0 aliphatic rings. The van der Waals surface area contributed by atoms with Crippen LogP contribution in [0.1, 0.15) is 34.6 Å². The van der Waals surface area contributed by atoms with E-state index in [1.54, 1.807) is 50.2 Å². The first-order valence-corrected chi connectivity index (χ1v) is 8.06. The minimum absolute atomic E-state index is 0.227. The van der Waals surface area contributed by atoms with E-state index >= 15 is 0 Å². The van der Waals surface area contributed by atoms with E-state index in [1.165, 1.54) is 13.2 Å². The smallest absolute Gasteiger partial charge is 0.347 e. The van der Waals surface area contributed by atoms with Gasteiger partial charge in [0.1, 0.15) is 17.1 Å². The summed E-state index contributed by atoms with van der Waals surface area (Å²) in [4.78, 5) is 24.3. The monoisotopic (exact) mass is 392 g/mol. The molecule has 6 heteroatoms. The average Bonchev–Trinajstić information content (AvgIpc) is 2.54. The van der Waals surface area contributed by atoms with E-state index in [1.807, 2.05) is 0 Å².